The lowest BCUT2D eigenvalue weighted by molar-refractivity contribution is -0.514. The van der Waals surface area contributed by atoms with Crippen LogP contribution in [0.1, 0.15) is 177 Å². The number of benzene rings is 1. The first-order chi connectivity index (χ1) is 20.8. The van der Waals surface area contributed by atoms with E-state index in [1.165, 1.54) is 50.5 Å². The van der Waals surface area contributed by atoms with E-state index in [0.717, 1.165) is 18.4 Å². The molecule has 0 heterocycles. The van der Waals surface area contributed by atoms with E-state index in [0.29, 0.717) is 24.0 Å². The summed E-state index contributed by atoms with van der Waals surface area (Å²) >= 11 is 0. The summed E-state index contributed by atoms with van der Waals surface area (Å²) in [6, 6.07) is 5.79. The maximum Gasteiger partial charge on any atom is 0.348 e. The molecule has 0 saturated carbocycles. The lowest BCUT2D eigenvalue weighted by atomic mass is 9.69. The fourth-order valence-corrected chi connectivity index (χ4v) is 3.96. The minimum absolute atomic E-state index is 0.215. The quantitative estimate of drug-likeness (QED) is 0.103. The van der Waals surface area contributed by atoms with E-state index in [9.17, 15) is 9.59 Å². The maximum atomic E-state index is 11.3. The van der Waals surface area contributed by atoms with Gasteiger partial charge in [0.25, 0.3) is 0 Å². The average Bonchev–Trinajstić information content (AvgIpc) is 2.94. The van der Waals surface area contributed by atoms with Crippen molar-refractivity contribution in [3.8, 4) is 5.75 Å². The van der Waals surface area contributed by atoms with Gasteiger partial charge in [0.15, 0.2) is 5.75 Å². The molecule has 264 valence electrons. The van der Waals surface area contributed by atoms with Crippen LogP contribution in [0.2, 0.25) is 0 Å². The second kappa shape index (κ2) is 23.2. The normalized spacial score (nSPS) is 11.8. The van der Waals surface area contributed by atoms with Gasteiger partial charge in [-0.2, -0.15) is 10.1 Å². The van der Waals surface area contributed by atoms with Gasteiger partial charge in [0.1, 0.15) is 0 Å². The third kappa shape index (κ3) is 20.5. The number of hydrogen-bond donors (Lipinski definition) is 2. The molecule has 0 unspecified atom stereocenters. The highest BCUT2D eigenvalue weighted by atomic mass is 17.5. The summed E-state index contributed by atoms with van der Waals surface area (Å²) in [4.78, 5) is 39.8. The van der Waals surface area contributed by atoms with E-state index >= 15 is 0 Å². The first-order valence-electron chi connectivity index (χ1n) is 16.6. The van der Waals surface area contributed by atoms with E-state index in [1.807, 2.05) is 47.6 Å². The monoisotopic (exact) mass is 642 g/mol. The van der Waals surface area contributed by atoms with Crippen LogP contribution in [-0.2, 0) is 29.3 Å². The van der Waals surface area contributed by atoms with Crippen LogP contribution in [0.15, 0.2) is 18.2 Å². The minimum atomic E-state index is -0.665. The lowest BCUT2D eigenvalue weighted by Gasteiger charge is -2.34. The maximum absolute atomic E-state index is 11.3. The zero-order valence-electron chi connectivity index (χ0n) is 30.7. The molecule has 0 spiro atoms. The van der Waals surface area contributed by atoms with Crippen LogP contribution >= 0.6 is 0 Å². The Morgan fingerprint density at radius 2 is 1.27 bits per heavy atom. The molecule has 2 N–H and O–H groups in total. The Balaban J connectivity index is 0. The summed E-state index contributed by atoms with van der Waals surface area (Å²) in [5.41, 5.74) is 0.989. The minimum Gasteiger partial charge on any atom is -0.340 e. The number of carbonyl (C=O) groups is 2. The highest BCUT2D eigenvalue weighted by Crippen LogP contribution is 2.38. The fourth-order valence-electron chi connectivity index (χ4n) is 3.96. The molecular weight excluding hydrogens is 576 g/mol. The SMILES string of the molecule is CC(C)(C)C(C)(C)C(=O)OO.CC(C)c1cccc(OO)c1C(C)C.CCCCCCCCCCCC(=O)OOOC(C)(C)C. The summed E-state index contributed by atoms with van der Waals surface area (Å²) in [6.45, 7) is 25.4. The molecule has 0 fully saturated rings. The van der Waals surface area contributed by atoms with Crippen LogP contribution in [-0.4, -0.2) is 28.1 Å². The molecule has 9 nitrogen and oxygen atoms in total. The van der Waals surface area contributed by atoms with E-state index in [-0.39, 0.29) is 11.4 Å². The third-order valence-electron chi connectivity index (χ3n) is 7.76. The number of unbranched alkanes of at least 4 members (excludes halogenated alkanes) is 8. The number of carbonyl (C=O) groups excluding carboxylic acids is 2. The average molecular weight is 643 g/mol. The summed E-state index contributed by atoms with van der Waals surface area (Å²) in [5.74, 6) is 0.423. The molecule has 0 aromatic heterocycles. The second-order valence-electron chi connectivity index (χ2n) is 14.7. The number of hydrogen-bond acceptors (Lipinski definition) is 9. The van der Waals surface area contributed by atoms with Crippen molar-refractivity contribution in [2.45, 2.75) is 172 Å². The van der Waals surface area contributed by atoms with E-state index < -0.39 is 17.0 Å². The van der Waals surface area contributed by atoms with Crippen LogP contribution in [0.5, 0.6) is 5.75 Å². The van der Waals surface area contributed by atoms with Crippen molar-refractivity contribution in [3.63, 3.8) is 0 Å². The Labute approximate surface area is 274 Å². The number of rotatable bonds is 16. The van der Waals surface area contributed by atoms with Gasteiger partial charge in [-0.15, -0.1) is 0 Å². The van der Waals surface area contributed by atoms with Crippen LogP contribution < -0.4 is 4.89 Å². The smallest absolute Gasteiger partial charge is 0.340 e. The Bertz CT molecular complexity index is 925. The first-order valence-corrected chi connectivity index (χ1v) is 16.6. The van der Waals surface area contributed by atoms with E-state index in [2.05, 4.69) is 60.4 Å². The molecule has 0 amide bonds. The van der Waals surface area contributed by atoms with Crippen LogP contribution in [0, 0.1) is 10.8 Å². The van der Waals surface area contributed by atoms with Crippen molar-refractivity contribution in [1.82, 2.24) is 0 Å². The summed E-state index contributed by atoms with van der Waals surface area (Å²) in [5, 5.41) is 21.4. The Morgan fingerprint density at radius 1 is 0.756 bits per heavy atom. The summed E-state index contributed by atoms with van der Waals surface area (Å²) < 4.78 is 0. The van der Waals surface area contributed by atoms with Crippen LogP contribution in [0.4, 0.5) is 0 Å². The largest absolute Gasteiger partial charge is 0.348 e. The first kappa shape index (κ1) is 44.9. The molecule has 0 saturated heterocycles. The van der Waals surface area contributed by atoms with Crippen molar-refractivity contribution >= 4 is 11.9 Å². The van der Waals surface area contributed by atoms with Crippen LogP contribution in [0.25, 0.3) is 0 Å². The molecule has 0 aliphatic carbocycles. The zero-order valence-corrected chi connectivity index (χ0v) is 30.7. The highest BCUT2D eigenvalue weighted by molar-refractivity contribution is 5.76. The van der Waals surface area contributed by atoms with E-state index in [1.54, 1.807) is 19.9 Å². The fraction of sp³-hybridized carbons (Fsp3) is 0.778. The molecule has 1 rings (SSSR count). The molecule has 9 heteroatoms. The van der Waals surface area contributed by atoms with E-state index in [4.69, 9.17) is 15.4 Å². The van der Waals surface area contributed by atoms with Crippen molar-refractivity contribution < 1.29 is 44.7 Å². The van der Waals surface area contributed by atoms with Gasteiger partial charge in [-0.25, -0.2) is 14.8 Å². The third-order valence-corrected chi connectivity index (χ3v) is 7.76. The molecule has 0 atom stereocenters. The Kier molecular flexibility index (Phi) is 23.1. The molecule has 0 aliphatic heterocycles. The van der Waals surface area contributed by atoms with Gasteiger partial charge in [0.05, 0.1) is 11.0 Å². The molecule has 0 aliphatic rings. The molecule has 0 bridgehead atoms. The predicted molar refractivity (Wildman–Crippen MR) is 180 cm³/mol. The summed E-state index contributed by atoms with van der Waals surface area (Å²) in [7, 11) is 0. The molecular formula is C36H66O9. The lowest BCUT2D eigenvalue weighted by Crippen LogP contribution is -2.38. The van der Waals surface area contributed by atoms with Gasteiger partial charge in [-0.3, -0.25) is 4.89 Å². The molecule has 0 radical (unpaired) electrons. The summed E-state index contributed by atoms with van der Waals surface area (Å²) in [6.07, 6.45) is 11.4. The van der Waals surface area contributed by atoms with Gasteiger partial charge in [-0.1, -0.05) is 119 Å². The van der Waals surface area contributed by atoms with Gasteiger partial charge in [-0.05, 0) is 75.0 Å². The van der Waals surface area contributed by atoms with Crippen molar-refractivity contribution in [3.05, 3.63) is 29.3 Å². The van der Waals surface area contributed by atoms with Gasteiger partial charge >= 0.3 is 11.9 Å². The second-order valence-corrected chi connectivity index (χ2v) is 14.7. The van der Waals surface area contributed by atoms with Crippen molar-refractivity contribution in [2.24, 2.45) is 10.8 Å². The topological polar surface area (TPSA) is 121 Å². The van der Waals surface area contributed by atoms with Gasteiger partial charge in [0.2, 0.25) is 0 Å². The van der Waals surface area contributed by atoms with Crippen LogP contribution in [0.3, 0.4) is 0 Å². The van der Waals surface area contributed by atoms with Gasteiger partial charge < -0.3 is 9.78 Å². The zero-order chi connectivity index (χ0) is 35.3. The molecule has 45 heavy (non-hydrogen) atoms. The highest BCUT2D eigenvalue weighted by Gasteiger charge is 2.41. The molecule has 1 aromatic rings. The van der Waals surface area contributed by atoms with Crippen molar-refractivity contribution in [2.75, 3.05) is 0 Å². The Morgan fingerprint density at radius 3 is 1.64 bits per heavy atom. The molecule has 1 aromatic carbocycles. The van der Waals surface area contributed by atoms with Crippen molar-refractivity contribution in [1.29, 1.82) is 0 Å². The van der Waals surface area contributed by atoms with Gasteiger partial charge in [0, 0.05) is 12.0 Å². The standard InChI is InChI=1S/C16H32O4.C12H18O2.C8H16O3/c1-5-6-7-8-9-10-11-12-13-14-15(17)18-20-19-16(2,3)4;1-8(2)10-6-5-7-11(14-13)12(10)9(3)4;1-7(2,3)8(4,5)6(9)11-10/h5-14H2,1-4H3;5-9,13H,1-4H3;10H,1-5H3. The Hall–Kier alpha value is -2.20. The predicted octanol–water partition coefficient (Wildman–Crippen LogP) is 11.0.